The number of hydrogen-bond acceptors (Lipinski definition) is 7. The maximum absolute atomic E-state index is 12.8. The first-order valence-corrected chi connectivity index (χ1v) is 7.36. The van der Waals surface area contributed by atoms with Crippen molar-refractivity contribution in [2.24, 2.45) is 0 Å². The van der Waals surface area contributed by atoms with Crippen molar-refractivity contribution in [3.63, 3.8) is 0 Å². The second-order valence-corrected chi connectivity index (χ2v) is 5.13. The van der Waals surface area contributed by atoms with E-state index in [1.807, 2.05) is 0 Å². The lowest BCUT2D eigenvalue weighted by Crippen LogP contribution is -2.06. The summed E-state index contributed by atoms with van der Waals surface area (Å²) in [5.41, 5.74) is -1.56. The summed E-state index contributed by atoms with van der Waals surface area (Å²) >= 11 is 0. The number of pyridine rings is 1. The van der Waals surface area contributed by atoms with Gasteiger partial charge in [0, 0.05) is 11.9 Å². The Morgan fingerprint density at radius 3 is 2.63 bits per heavy atom. The van der Waals surface area contributed by atoms with Gasteiger partial charge in [-0.2, -0.15) is 18.2 Å². The van der Waals surface area contributed by atoms with Crippen LogP contribution in [0.2, 0.25) is 0 Å². The molecule has 0 radical (unpaired) electrons. The Kier molecular flexibility index (Phi) is 4.83. The summed E-state index contributed by atoms with van der Waals surface area (Å²) in [5.74, 6) is -0.491. The Labute approximate surface area is 149 Å². The summed E-state index contributed by atoms with van der Waals surface area (Å²) < 4.78 is 43.9. The molecule has 1 aromatic carbocycles. The summed E-state index contributed by atoms with van der Waals surface area (Å²) in [5, 5.41) is 14.0. The van der Waals surface area contributed by atoms with Crippen molar-refractivity contribution in [1.82, 2.24) is 15.0 Å². The van der Waals surface area contributed by atoms with Crippen LogP contribution in [0.1, 0.15) is 5.56 Å². The van der Waals surface area contributed by atoms with E-state index in [9.17, 15) is 23.3 Å². The van der Waals surface area contributed by atoms with E-state index in [4.69, 9.17) is 4.74 Å². The zero-order valence-corrected chi connectivity index (χ0v) is 13.3. The highest BCUT2D eigenvalue weighted by atomic mass is 19.4. The van der Waals surface area contributed by atoms with Crippen molar-refractivity contribution in [2.75, 3.05) is 5.32 Å². The molecule has 0 saturated heterocycles. The van der Waals surface area contributed by atoms with Crippen molar-refractivity contribution in [3.8, 4) is 11.6 Å². The molecule has 0 aliphatic rings. The second-order valence-electron chi connectivity index (χ2n) is 5.13. The van der Waals surface area contributed by atoms with Gasteiger partial charge in [-0.15, -0.1) is 0 Å². The normalized spacial score (nSPS) is 11.1. The van der Waals surface area contributed by atoms with Crippen LogP contribution in [0, 0.1) is 10.1 Å². The lowest BCUT2D eigenvalue weighted by molar-refractivity contribution is -0.385. The van der Waals surface area contributed by atoms with Crippen molar-refractivity contribution >= 4 is 17.2 Å². The van der Waals surface area contributed by atoms with Crippen LogP contribution >= 0.6 is 0 Å². The molecular formula is C16H10F3N5O3. The topological polar surface area (TPSA) is 103 Å². The third kappa shape index (κ3) is 4.26. The van der Waals surface area contributed by atoms with Crippen LogP contribution in [0.5, 0.6) is 11.6 Å². The predicted octanol–water partition coefficient (Wildman–Crippen LogP) is 4.33. The molecular weight excluding hydrogens is 367 g/mol. The maximum atomic E-state index is 12.8. The molecule has 0 aliphatic carbocycles. The Morgan fingerprint density at radius 2 is 1.96 bits per heavy atom. The van der Waals surface area contributed by atoms with Crippen LogP contribution in [-0.4, -0.2) is 19.9 Å². The van der Waals surface area contributed by atoms with Crippen LogP contribution in [0.3, 0.4) is 0 Å². The zero-order valence-electron chi connectivity index (χ0n) is 13.3. The average Bonchev–Trinajstić information content (AvgIpc) is 2.62. The quantitative estimate of drug-likeness (QED) is 0.521. The number of halogens is 3. The first-order chi connectivity index (χ1) is 12.8. The van der Waals surface area contributed by atoms with Crippen LogP contribution in [0.25, 0.3) is 0 Å². The number of rotatable bonds is 5. The minimum Gasteiger partial charge on any atom is -0.432 e. The van der Waals surface area contributed by atoms with E-state index in [2.05, 4.69) is 20.3 Å². The highest BCUT2D eigenvalue weighted by Crippen LogP contribution is 2.36. The maximum Gasteiger partial charge on any atom is 0.416 e. The van der Waals surface area contributed by atoms with E-state index in [0.29, 0.717) is 0 Å². The van der Waals surface area contributed by atoms with E-state index in [1.54, 1.807) is 6.07 Å². The van der Waals surface area contributed by atoms with E-state index in [0.717, 1.165) is 18.5 Å². The fraction of sp³-hybridized carbons (Fsp3) is 0.0625. The molecule has 2 aromatic heterocycles. The zero-order chi connectivity index (χ0) is 19.4. The van der Waals surface area contributed by atoms with E-state index in [1.165, 1.54) is 30.6 Å². The number of hydrogen-bond donors (Lipinski definition) is 1. The molecule has 11 heteroatoms. The third-order valence-corrected chi connectivity index (χ3v) is 3.27. The summed E-state index contributed by atoms with van der Waals surface area (Å²) in [4.78, 5) is 22.0. The number of anilines is 2. The molecule has 27 heavy (non-hydrogen) atoms. The minimum absolute atomic E-state index is 0.0287. The Balaban J connectivity index is 1.96. The molecule has 0 spiro atoms. The van der Waals surface area contributed by atoms with Gasteiger partial charge < -0.3 is 10.1 Å². The average molecular weight is 377 g/mol. The molecule has 138 valence electrons. The molecule has 8 nitrogen and oxygen atoms in total. The highest BCUT2D eigenvalue weighted by Gasteiger charge is 2.31. The van der Waals surface area contributed by atoms with E-state index >= 15 is 0 Å². The molecule has 3 rings (SSSR count). The number of nitro groups is 1. The monoisotopic (exact) mass is 377 g/mol. The molecule has 0 fully saturated rings. The van der Waals surface area contributed by atoms with Gasteiger partial charge in [0.1, 0.15) is 12.1 Å². The molecule has 3 aromatic rings. The highest BCUT2D eigenvalue weighted by molar-refractivity contribution is 5.69. The Morgan fingerprint density at radius 1 is 1.15 bits per heavy atom. The summed E-state index contributed by atoms with van der Waals surface area (Å²) in [6, 6.07) is 7.26. The fourth-order valence-electron chi connectivity index (χ4n) is 2.12. The van der Waals surface area contributed by atoms with Gasteiger partial charge in [-0.25, -0.2) is 4.98 Å². The van der Waals surface area contributed by atoms with Crippen LogP contribution < -0.4 is 10.1 Å². The molecule has 2 heterocycles. The van der Waals surface area contributed by atoms with Gasteiger partial charge in [0.2, 0.25) is 5.82 Å². The lowest BCUT2D eigenvalue weighted by Gasteiger charge is -2.11. The smallest absolute Gasteiger partial charge is 0.416 e. The molecule has 0 atom stereocenters. The molecule has 0 aliphatic heterocycles. The van der Waals surface area contributed by atoms with Gasteiger partial charge in [-0.05, 0) is 30.3 Å². The van der Waals surface area contributed by atoms with Gasteiger partial charge in [-0.3, -0.25) is 15.1 Å². The fourth-order valence-corrected chi connectivity index (χ4v) is 2.12. The summed E-state index contributed by atoms with van der Waals surface area (Å²) in [6.45, 7) is 0. The van der Waals surface area contributed by atoms with Crippen molar-refractivity contribution in [1.29, 1.82) is 0 Å². The van der Waals surface area contributed by atoms with Crippen molar-refractivity contribution in [3.05, 3.63) is 70.8 Å². The Bertz CT molecular complexity index is 967. The van der Waals surface area contributed by atoms with Gasteiger partial charge in [-0.1, -0.05) is 6.07 Å². The van der Waals surface area contributed by atoms with Gasteiger partial charge >= 0.3 is 17.7 Å². The third-order valence-electron chi connectivity index (χ3n) is 3.27. The summed E-state index contributed by atoms with van der Waals surface area (Å²) in [7, 11) is 0. The Hall–Kier alpha value is -3.76. The number of alkyl halides is 3. The lowest BCUT2D eigenvalue weighted by atomic mass is 10.2. The van der Waals surface area contributed by atoms with Crippen molar-refractivity contribution < 1.29 is 22.8 Å². The number of ether oxygens (including phenoxy) is 1. The number of benzene rings is 1. The molecule has 1 N–H and O–H groups in total. The first-order valence-electron chi connectivity index (χ1n) is 7.36. The first kappa shape index (κ1) is 18.0. The molecule has 0 unspecified atom stereocenters. The van der Waals surface area contributed by atoms with Crippen LogP contribution in [-0.2, 0) is 6.18 Å². The van der Waals surface area contributed by atoms with Gasteiger partial charge in [0.15, 0.2) is 0 Å². The molecule has 0 saturated carbocycles. The van der Waals surface area contributed by atoms with Crippen LogP contribution in [0.15, 0.2) is 55.1 Å². The number of nitrogens with zero attached hydrogens (tertiary/aromatic N) is 4. The second kappa shape index (κ2) is 7.23. The predicted molar refractivity (Wildman–Crippen MR) is 87.7 cm³/mol. The standard InChI is InChI=1S/C16H10F3N5O3/c17-16(18,19)10-3-1-4-11(7-10)23-14-13(24(25)26)15(22-9-21-14)27-12-5-2-6-20-8-12/h1-9H,(H,21,22,23). The minimum atomic E-state index is -4.55. The van der Waals surface area contributed by atoms with Gasteiger partial charge in [0.05, 0.1) is 16.7 Å². The molecule has 0 bridgehead atoms. The summed E-state index contributed by atoms with van der Waals surface area (Å²) in [6.07, 6.45) is -0.744. The number of aromatic nitrogens is 3. The number of nitrogens with one attached hydrogen (secondary N) is 1. The molecule has 0 amide bonds. The van der Waals surface area contributed by atoms with Crippen molar-refractivity contribution in [2.45, 2.75) is 6.18 Å². The van der Waals surface area contributed by atoms with Crippen LogP contribution in [0.4, 0.5) is 30.4 Å². The van der Waals surface area contributed by atoms with Gasteiger partial charge in [0.25, 0.3) is 0 Å². The SMILES string of the molecule is O=[N+]([O-])c1c(Nc2cccc(C(F)(F)F)c2)ncnc1Oc1cccnc1. The van der Waals surface area contributed by atoms with E-state index in [-0.39, 0.29) is 23.1 Å². The largest absolute Gasteiger partial charge is 0.432 e. The van der Waals surface area contributed by atoms with E-state index < -0.39 is 22.4 Å².